The number of fused-ring (bicyclic) bond motifs is 1. The fourth-order valence-electron chi connectivity index (χ4n) is 3.43. The molecule has 1 saturated carbocycles. The van der Waals surface area contributed by atoms with Gasteiger partial charge >= 0.3 is 5.97 Å². The first-order valence-corrected chi connectivity index (χ1v) is 6.55. The summed E-state index contributed by atoms with van der Waals surface area (Å²) in [6.07, 6.45) is 7.36. The molecule has 92 valence electrons. The van der Waals surface area contributed by atoms with Crippen molar-refractivity contribution < 1.29 is 9.53 Å². The maximum absolute atomic E-state index is 11.3. The first-order valence-electron chi connectivity index (χ1n) is 6.55. The van der Waals surface area contributed by atoms with Crippen LogP contribution in [0.25, 0.3) is 0 Å². The van der Waals surface area contributed by atoms with Gasteiger partial charge in [0.25, 0.3) is 0 Å². The van der Waals surface area contributed by atoms with Crippen molar-refractivity contribution in [1.29, 1.82) is 0 Å². The molecule has 3 heteroatoms. The van der Waals surface area contributed by atoms with Gasteiger partial charge in [-0.2, -0.15) is 0 Å². The van der Waals surface area contributed by atoms with Crippen molar-refractivity contribution >= 4 is 5.97 Å². The van der Waals surface area contributed by atoms with Crippen molar-refractivity contribution in [2.45, 2.75) is 57.5 Å². The molecule has 16 heavy (non-hydrogen) atoms. The summed E-state index contributed by atoms with van der Waals surface area (Å²) < 4.78 is 4.75. The van der Waals surface area contributed by atoms with Crippen LogP contribution in [-0.2, 0) is 9.53 Å². The maximum Gasteiger partial charge on any atom is 0.307 e. The Morgan fingerprint density at radius 1 is 1.38 bits per heavy atom. The smallest absolute Gasteiger partial charge is 0.307 e. The lowest BCUT2D eigenvalue weighted by Crippen LogP contribution is -2.41. The molecule has 0 aromatic carbocycles. The Morgan fingerprint density at radius 3 is 2.88 bits per heavy atom. The lowest BCUT2D eigenvalue weighted by Gasteiger charge is -2.35. The average Bonchev–Trinajstić information content (AvgIpc) is 2.72. The van der Waals surface area contributed by atoms with E-state index >= 15 is 0 Å². The Balaban J connectivity index is 1.91. The first kappa shape index (κ1) is 11.9. The van der Waals surface area contributed by atoms with Gasteiger partial charge in [0.1, 0.15) is 0 Å². The Hall–Kier alpha value is -0.570. The third kappa shape index (κ3) is 2.40. The van der Waals surface area contributed by atoms with E-state index in [0.29, 0.717) is 12.5 Å². The number of carbonyl (C=O) groups excluding carboxylic acids is 1. The van der Waals surface area contributed by atoms with E-state index in [2.05, 4.69) is 11.8 Å². The Labute approximate surface area is 98.1 Å². The van der Waals surface area contributed by atoms with Crippen molar-refractivity contribution in [2.75, 3.05) is 13.7 Å². The molecule has 0 aromatic rings. The summed E-state index contributed by atoms with van der Waals surface area (Å²) in [7, 11) is 1.47. The minimum absolute atomic E-state index is 0.0771. The second-order valence-electron chi connectivity index (χ2n) is 5.27. The summed E-state index contributed by atoms with van der Waals surface area (Å²) in [5.74, 6) is 0.820. The number of esters is 1. The van der Waals surface area contributed by atoms with Gasteiger partial charge in [0.15, 0.2) is 0 Å². The van der Waals surface area contributed by atoms with Gasteiger partial charge in [-0.15, -0.1) is 0 Å². The Morgan fingerprint density at radius 2 is 2.12 bits per heavy atom. The molecule has 1 saturated heterocycles. The summed E-state index contributed by atoms with van der Waals surface area (Å²) in [6.45, 7) is 3.33. The highest BCUT2D eigenvalue weighted by atomic mass is 16.5. The predicted octanol–water partition coefficient (Wildman–Crippen LogP) is 2.20. The van der Waals surface area contributed by atoms with Gasteiger partial charge < -0.3 is 4.74 Å². The van der Waals surface area contributed by atoms with E-state index in [1.807, 2.05) is 0 Å². The molecule has 0 spiro atoms. The molecular formula is C13H23NO2. The number of rotatable bonds is 3. The van der Waals surface area contributed by atoms with E-state index in [9.17, 15) is 4.79 Å². The summed E-state index contributed by atoms with van der Waals surface area (Å²) >= 11 is 0. The van der Waals surface area contributed by atoms with E-state index in [-0.39, 0.29) is 5.97 Å². The molecule has 0 N–H and O–H groups in total. The molecule has 3 atom stereocenters. The van der Waals surface area contributed by atoms with Crippen LogP contribution in [-0.4, -0.2) is 36.6 Å². The lowest BCUT2D eigenvalue weighted by atomic mass is 9.85. The van der Waals surface area contributed by atoms with Crippen LogP contribution >= 0.6 is 0 Å². The Bertz CT molecular complexity index is 254. The van der Waals surface area contributed by atoms with Crippen LogP contribution in [0, 0.1) is 5.92 Å². The number of methoxy groups -OCH3 is 1. The van der Waals surface area contributed by atoms with Crippen molar-refractivity contribution in [2.24, 2.45) is 5.92 Å². The topological polar surface area (TPSA) is 29.5 Å². The lowest BCUT2D eigenvalue weighted by molar-refractivity contribution is -0.142. The van der Waals surface area contributed by atoms with Crippen LogP contribution in [0.2, 0.25) is 0 Å². The van der Waals surface area contributed by atoms with E-state index in [0.717, 1.165) is 12.0 Å². The van der Waals surface area contributed by atoms with Gasteiger partial charge in [0.05, 0.1) is 13.5 Å². The number of hydrogen-bond donors (Lipinski definition) is 0. The summed E-state index contributed by atoms with van der Waals surface area (Å²) in [5.41, 5.74) is 0. The molecule has 3 unspecified atom stereocenters. The van der Waals surface area contributed by atoms with Crippen LogP contribution in [0.3, 0.4) is 0 Å². The van der Waals surface area contributed by atoms with Crippen LogP contribution < -0.4 is 0 Å². The quantitative estimate of drug-likeness (QED) is 0.690. The van der Waals surface area contributed by atoms with Crippen LogP contribution in [0.4, 0.5) is 0 Å². The maximum atomic E-state index is 11.3. The van der Waals surface area contributed by atoms with Gasteiger partial charge in [-0.3, -0.25) is 9.69 Å². The van der Waals surface area contributed by atoms with Crippen LogP contribution in [0.5, 0.6) is 0 Å². The highest BCUT2D eigenvalue weighted by Gasteiger charge is 2.38. The second kappa shape index (κ2) is 5.17. The Kier molecular flexibility index (Phi) is 3.85. The van der Waals surface area contributed by atoms with Crippen LogP contribution in [0.1, 0.15) is 45.4 Å². The van der Waals surface area contributed by atoms with Crippen molar-refractivity contribution in [3.63, 3.8) is 0 Å². The van der Waals surface area contributed by atoms with E-state index in [1.165, 1.54) is 45.8 Å². The molecule has 1 heterocycles. The van der Waals surface area contributed by atoms with Crippen LogP contribution in [0.15, 0.2) is 0 Å². The summed E-state index contributed by atoms with van der Waals surface area (Å²) in [5, 5.41) is 0. The normalized spacial score (nSPS) is 32.1. The number of carbonyl (C=O) groups is 1. The SMILES string of the molecule is COC(=O)CC(C)N1CCC2CCCCC21. The standard InChI is InChI=1S/C13H23NO2/c1-10(9-13(15)16-2)14-8-7-11-5-3-4-6-12(11)14/h10-12H,3-9H2,1-2H3. The molecule has 0 bridgehead atoms. The fraction of sp³-hybridized carbons (Fsp3) is 0.923. The first-order chi connectivity index (χ1) is 7.72. The van der Waals surface area contributed by atoms with Crippen molar-refractivity contribution in [3.05, 3.63) is 0 Å². The average molecular weight is 225 g/mol. The molecule has 1 aliphatic carbocycles. The molecule has 2 fully saturated rings. The highest BCUT2D eigenvalue weighted by molar-refractivity contribution is 5.69. The molecule has 0 aromatic heterocycles. The molecular weight excluding hydrogens is 202 g/mol. The van der Waals surface area contributed by atoms with E-state index in [1.54, 1.807) is 0 Å². The largest absolute Gasteiger partial charge is 0.469 e. The zero-order chi connectivity index (χ0) is 11.5. The van der Waals surface area contributed by atoms with Gasteiger partial charge in [0, 0.05) is 12.1 Å². The number of hydrogen-bond acceptors (Lipinski definition) is 3. The summed E-state index contributed by atoms with van der Waals surface area (Å²) in [6, 6.07) is 1.09. The third-order valence-corrected chi connectivity index (χ3v) is 4.31. The van der Waals surface area contributed by atoms with E-state index < -0.39 is 0 Å². The van der Waals surface area contributed by atoms with Gasteiger partial charge in [-0.1, -0.05) is 12.8 Å². The minimum atomic E-state index is -0.0771. The minimum Gasteiger partial charge on any atom is -0.469 e. The van der Waals surface area contributed by atoms with Gasteiger partial charge in [0.2, 0.25) is 0 Å². The third-order valence-electron chi connectivity index (χ3n) is 4.31. The molecule has 1 aliphatic heterocycles. The number of likely N-dealkylation sites (tertiary alicyclic amines) is 1. The van der Waals surface area contributed by atoms with Crippen molar-refractivity contribution in [1.82, 2.24) is 4.90 Å². The van der Waals surface area contributed by atoms with E-state index in [4.69, 9.17) is 4.74 Å². The molecule has 2 aliphatic rings. The predicted molar refractivity (Wildman–Crippen MR) is 63.2 cm³/mol. The molecule has 0 radical (unpaired) electrons. The molecule has 3 nitrogen and oxygen atoms in total. The zero-order valence-corrected chi connectivity index (χ0v) is 10.4. The zero-order valence-electron chi connectivity index (χ0n) is 10.4. The fourth-order valence-corrected chi connectivity index (χ4v) is 3.43. The monoisotopic (exact) mass is 225 g/mol. The molecule has 0 amide bonds. The molecule has 2 rings (SSSR count). The number of nitrogens with zero attached hydrogens (tertiary/aromatic N) is 1. The number of ether oxygens (including phenoxy) is 1. The van der Waals surface area contributed by atoms with Gasteiger partial charge in [-0.25, -0.2) is 0 Å². The highest BCUT2D eigenvalue weighted by Crippen LogP contribution is 2.37. The van der Waals surface area contributed by atoms with Crippen molar-refractivity contribution in [3.8, 4) is 0 Å². The van der Waals surface area contributed by atoms with Gasteiger partial charge in [-0.05, 0) is 38.6 Å². The second-order valence-corrected chi connectivity index (χ2v) is 5.27. The summed E-state index contributed by atoms with van der Waals surface area (Å²) in [4.78, 5) is 13.8.